The molecule has 2 N–H and O–H groups in total. The van der Waals surface area contributed by atoms with Crippen molar-refractivity contribution < 1.29 is 9.52 Å². The van der Waals surface area contributed by atoms with E-state index in [0.29, 0.717) is 6.54 Å². The first kappa shape index (κ1) is 10.1. The average molecular weight is 213 g/mol. The zero-order chi connectivity index (χ0) is 9.86. The molecule has 0 aliphatic carbocycles. The second-order valence-corrected chi connectivity index (χ2v) is 4.87. The lowest BCUT2D eigenvalue weighted by Crippen LogP contribution is -2.40. The van der Waals surface area contributed by atoms with Gasteiger partial charge in [-0.3, -0.25) is 0 Å². The first-order valence-electron chi connectivity index (χ1n) is 4.80. The summed E-state index contributed by atoms with van der Waals surface area (Å²) in [6.07, 6.45) is 4.29. The zero-order valence-electron chi connectivity index (χ0n) is 8.03. The third-order valence-electron chi connectivity index (χ3n) is 2.45. The van der Waals surface area contributed by atoms with Crippen molar-refractivity contribution in [3.8, 4) is 0 Å². The lowest BCUT2D eigenvalue weighted by Gasteiger charge is -2.21. The molecule has 0 amide bonds. The van der Waals surface area contributed by atoms with Gasteiger partial charge in [0, 0.05) is 24.4 Å². The van der Waals surface area contributed by atoms with E-state index in [1.807, 2.05) is 17.8 Å². The molecule has 0 bridgehead atoms. The van der Waals surface area contributed by atoms with Gasteiger partial charge in [-0.15, -0.1) is 0 Å². The molecule has 1 aliphatic rings. The summed E-state index contributed by atoms with van der Waals surface area (Å²) in [5.74, 6) is 1.93. The lowest BCUT2D eigenvalue weighted by molar-refractivity contribution is 0.0674. The summed E-state index contributed by atoms with van der Waals surface area (Å²) < 4.78 is 4.96. The van der Waals surface area contributed by atoms with Gasteiger partial charge in [0.15, 0.2) is 0 Å². The van der Waals surface area contributed by atoms with Gasteiger partial charge in [0.1, 0.15) is 0 Å². The van der Waals surface area contributed by atoms with E-state index in [1.54, 1.807) is 12.5 Å². The Morgan fingerprint density at radius 3 is 3.21 bits per heavy atom. The predicted molar refractivity (Wildman–Crippen MR) is 57.3 cm³/mol. The molecule has 4 heteroatoms. The summed E-state index contributed by atoms with van der Waals surface area (Å²) in [7, 11) is 0. The Balaban J connectivity index is 1.72. The highest BCUT2D eigenvalue weighted by atomic mass is 32.2. The van der Waals surface area contributed by atoms with Crippen molar-refractivity contribution in [3.63, 3.8) is 0 Å². The molecular weight excluding hydrogens is 198 g/mol. The number of nitrogens with one attached hydrogen (secondary N) is 1. The quantitative estimate of drug-likeness (QED) is 0.790. The smallest absolute Gasteiger partial charge is 0.0947 e. The SMILES string of the molecule is OC1(CNCc2ccoc2)CCSC1. The minimum Gasteiger partial charge on any atom is -0.472 e. The van der Waals surface area contributed by atoms with Gasteiger partial charge in [0.05, 0.1) is 18.1 Å². The predicted octanol–water partition coefficient (Wildman–Crippen LogP) is 1.24. The Bertz CT molecular complexity index is 268. The molecule has 1 saturated heterocycles. The van der Waals surface area contributed by atoms with Gasteiger partial charge in [0.2, 0.25) is 0 Å². The Hall–Kier alpha value is -0.450. The number of hydrogen-bond donors (Lipinski definition) is 2. The van der Waals surface area contributed by atoms with Crippen LogP contribution in [0.1, 0.15) is 12.0 Å². The van der Waals surface area contributed by atoms with Crippen molar-refractivity contribution >= 4 is 11.8 Å². The molecule has 0 spiro atoms. The Labute approximate surface area is 87.9 Å². The third kappa shape index (κ3) is 2.53. The van der Waals surface area contributed by atoms with E-state index in [-0.39, 0.29) is 0 Å². The molecule has 0 radical (unpaired) electrons. The molecule has 2 rings (SSSR count). The number of furan rings is 1. The van der Waals surface area contributed by atoms with Crippen LogP contribution < -0.4 is 5.32 Å². The summed E-state index contributed by atoms with van der Waals surface area (Å²) in [6.45, 7) is 1.44. The first-order valence-corrected chi connectivity index (χ1v) is 5.96. The van der Waals surface area contributed by atoms with E-state index in [9.17, 15) is 5.11 Å². The van der Waals surface area contributed by atoms with Crippen molar-refractivity contribution in [1.82, 2.24) is 5.32 Å². The second-order valence-electron chi connectivity index (χ2n) is 3.76. The molecule has 1 aliphatic heterocycles. The molecular formula is C10H15NO2S. The van der Waals surface area contributed by atoms with Crippen molar-refractivity contribution in [2.45, 2.75) is 18.6 Å². The highest BCUT2D eigenvalue weighted by molar-refractivity contribution is 7.99. The van der Waals surface area contributed by atoms with Crippen molar-refractivity contribution in [2.75, 3.05) is 18.1 Å². The molecule has 3 nitrogen and oxygen atoms in total. The molecule has 1 atom stereocenters. The number of aliphatic hydroxyl groups is 1. The van der Waals surface area contributed by atoms with Gasteiger partial charge in [-0.25, -0.2) is 0 Å². The van der Waals surface area contributed by atoms with Crippen LogP contribution in [0.3, 0.4) is 0 Å². The summed E-state index contributed by atoms with van der Waals surface area (Å²) in [5, 5.41) is 13.3. The van der Waals surface area contributed by atoms with Gasteiger partial charge in [0.25, 0.3) is 0 Å². The van der Waals surface area contributed by atoms with E-state index in [2.05, 4.69) is 5.32 Å². The molecule has 1 aromatic rings. The Kier molecular flexibility index (Phi) is 3.15. The summed E-state index contributed by atoms with van der Waals surface area (Å²) >= 11 is 1.82. The zero-order valence-corrected chi connectivity index (χ0v) is 8.85. The van der Waals surface area contributed by atoms with Crippen molar-refractivity contribution in [1.29, 1.82) is 0 Å². The maximum Gasteiger partial charge on any atom is 0.0947 e. The highest BCUT2D eigenvalue weighted by Gasteiger charge is 2.30. The van der Waals surface area contributed by atoms with Crippen LogP contribution in [0.2, 0.25) is 0 Å². The van der Waals surface area contributed by atoms with Crippen LogP contribution in [0.5, 0.6) is 0 Å². The summed E-state index contributed by atoms with van der Waals surface area (Å²) in [5.41, 5.74) is 0.633. The molecule has 0 aromatic carbocycles. The molecule has 2 heterocycles. The Morgan fingerprint density at radius 1 is 1.64 bits per heavy atom. The lowest BCUT2D eigenvalue weighted by atomic mass is 10.0. The van der Waals surface area contributed by atoms with Crippen LogP contribution in [0.15, 0.2) is 23.0 Å². The summed E-state index contributed by atoms with van der Waals surface area (Å²) in [4.78, 5) is 0. The molecule has 1 unspecified atom stereocenters. The van der Waals surface area contributed by atoms with Crippen LogP contribution in [0, 0.1) is 0 Å². The third-order valence-corrected chi connectivity index (χ3v) is 3.68. The second kappa shape index (κ2) is 4.38. The topological polar surface area (TPSA) is 45.4 Å². The van der Waals surface area contributed by atoms with E-state index >= 15 is 0 Å². The van der Waals surface area contributed by atoms with Crippen LogP contribution in [-0.2, 0) is 6.54 Å². The van der Waals surface area contributed by atoms with E-state index in [0.717, 1.165) is 30.0 Å². The largest absolute Gasteiger partial charge is 0.472 e. The fourth-order valence-electron chi connectivity index (χ4n) is 1.57. The van der Waals surface area contributed by atoms with Gasteiger partial charge in [-0.05, 0) is 18.2 Å². The molecule has 78 valence electrons. The van der Waals surface area contributed by atoms with Crippen LogP contribution in [0.4, 0.5) is 0 Å². The monoisotopic (exact) mass is 213 g/mol. The highest BCUT2D eigenvalue weighted by Crippen LogP contribution is 2.26. The van der Waals surface area contributed by atoms with Gasteiger partial charge >= 0.3 is 0 Å². The van der Waals surface area contributed by atoms with Gasteiger partial charge < -0.3 is 14.8 Å². The standard InChI is InChI=1S/C10H15NO2S/c12-10(2-4-14-8-10)7-11-5-9-1-3-13-6-9/h1,3,6,11-12H,2,4-5,7-8H2. The minimum atomic E-state index is -0.492. The average Bonchev–Trinajstić information content (AvgIpc) is 2.77. The van der Waals surface area contributed by atoms with E-state index < -0.39 is 5.60 Å². The Morgan fingerprint density at radius 2 is 2.57 bits per heavy atom. The number of thioether (sulfide) groups is 1. The normalized spacial score (nSPS) is 26.9. The molecule has 14 heavy (non-hydrogen) atoms. The van der Waals surface area contributed by atoms with Crippen LogP contribution in [-0.4, -0.2) is 28.8 Å². The number of hydrogen-bond acceptors (Lipinski definition) is 4. The maximum absolute atomic E-state index is 10.0. The molecule has 1 aromatic heterocycles. The first-order chi connectivity index (χ1) is 6.79. The number of rotatable bonds is 4. The van der Waals surface area contributed by atoms with Crippen LogP contribution >= 0.6 is 11.8 Å². The van der Waals surface area contributed by atoms with Crippen molar-refractivity contribution in [3.05, 3.63) is 24.2 Å². The van der Waals surface area contributed by atoms with E-state index in [1.165, 1.54) is 0 Å². The van der Waals surface area contributed by atoms with E-state index in [4.69, 9.17) is 4.42 Å². The fourth-order valence-corrected chi connectivity index (χ4v) is 2.86. The fraction of sp³-hybridized carbons (Fsp3) is 0.600. The van der Waals surface area contributed by atoms with Gasteiger partial charge in [-0.2, -0.15) is 11.8 Å². The van der Waals surface area contributed by atoms with Gasteiger partial charge in [-0.1, -0.05) is 0 Å². The molecule has 1 fully saturated rings. The summed E-state index contributed by atoms with van der Waals surface area (Å²) in [6, 6.07) is 1.93. The minimum absolute atomic E-state index is 0.492. The van der Waals surface area contributed by atoms with Crippen molar-refractivity contribution in [2.24, 2.45) is 0 Å². The maximum atomic E-state index is 10.0. The van der Waals surface area contributed by atoms with Crippen LogP contribution in [0.25, 0.3) is 0 Å². The molecule has 0 saturated carbocycles.